The van der Waals surface area contributed by atoms with Crippen LogP contribution in [0.4, 0.5) is 4.79 Å². The highest BCUT2D eigenvalue weighted by Crippen LogP contribution is 2.35. The first-order valence-electron chi connectivity index (χ1n) is 5.46. The lowest BCUT2D eigenvalue weighted by Gasteiger charge is -2.24. The third kappa shape index (κ3) is 3.57. The van der Waals surface area contributed by atoms with Gasteiger partial charge in [-0.25, -0.2) is 9.59 Å². The Labute approximate surface area is 99.4 Å². The number of ether oxygens (including phenoxy) is 1. The predicted octanol–water partition coefficient (Wildman–Crippen LogP) is -0.746. The van der Waals surface area contributed by atoms with Crippen LogP contribution in [0.1, 0.15) is 12.8 Å². The molecule has 1 rings (SSSR count). The lowest BCUT2D eigenvalue weighted by atomic mass is 10.3. The van der Waals surface area contributed by atoms with Gasteiger partial charge in [-0.05, 0) is 12.8 Å². The van der Waals surface area contributed by atoms with Gasteiger partial charge in [0.15, 0.2) is 0 Å². The molecule has 17 heavy (non-hydrogen) atoms. The number of nitrogens with zero attached hydrogens (tertiary/aromatic N) is 1. The van der Waals surface area contributed by atoms with E-state index >= 15 is 0 Å². The predicted molar refractivity (Wildman–Crippen MR) is 58.7 cm³/mol. The third-order valence-corrected chi connectivity index (χ3v) is 2.73. The van der Waals surface area contributed by atoms with Crippen molar-refractivity contribution in [1.82, 2.24) is 10.2 Å². The van der Waals surface area contributed by atoms with Gasteiger partial charge in [0, 0.05) is 20.2 Å². The number of rotatable bonds is 7. The van der Waals surface area contributed by atoms with Gasteiger partial charge in [0.2, 0.25) is 0 Å². The Balaban J connectivity index is 2.50. The molecule has 1 aliphatic rings. The zero-order valence-corrected chi connectivity index (χ0v) is 9.81. The molecule has 0 heterocycles. The van der Waals surface area contributed by atoms with Crippen molar-refractivity contribution in [3.05, 3.63) is 0 Å². The van der Waals surface area contributed by atoms with Crippen LogP contribution in [0.3, 0.4) is 0 Å². The molecule has 0 atom stereocenters. The summed E-state index contributed by atoms with van der Waals surface area (Å²) in [7, 11) is 1.51. The van der Waals surface area contributed by atoms with Crippen LogP contribution < -0.4 is 5.32 Å². The molecule has 0 aromatic heterocycles. The average Bonchev–Trinajstić information content (AvgIpc) is 3.05. The Morgan fingerprint density at radius 1 is 1.41 bits per heavy atom. The second-order valence-corrected chi connectivity index (χ2v) is 4.02. The average molecular weight is 246 g/mol. The first-order chi connectivity index (χ1) is 8.05. The van der Waals surface area contributed by atoms with E-state index in [0.29, 0.717) is 26.0 Å². The lowest BCUT2D eigenvalue weighted by Crippen LogP contribution is -2.51. The zero-order valence-electron chi connectivity index (χ0n) is 9.81. The zero-order chi connectivity index (χ0) is 12.9. The summed E-state index contributed by atoms with van der Waals surface area (Å²) >= 11 is 0. The highest BCUT2D eigenvalue weighted by atomic mass is 16.5. The molecule has 0 radical (unpaired) electrons. The van der Waals surface area contributed by atoms with Gasteiger partial charge in [0.25, 0.3) is 0 Å². The van der Waals surface area contributed by atoms with Crippen LogP contribution in [0.2, 0.25) is 0 Å². The monoisotopic (exact) mass is 246 g/mol. The summed E-state index contributed by atoms with van der Waals surface area (Å²) in [6.45, 7) is 0.647. The fraction of sp³-hybridized carbons (Fsp3) is 0.800. The van der Waals surface area contributed by atoms with Crippen LogP contribution in [0.5, 0.6) is 0 Å². The molecule has 1 saturated carbocycles. The van der Waals surface area contributed by atoms with E-state index in [1.807, 2.05) is 0 Å². The largest absolute Gasteiger partial charge is 0.480 e. The molecule has 0 unspecified atom stereocenters. The van der Waals surface area contributed by atoms with Crippen molar-refractivity contribution in [2.24, 2.45) is 0 Å². The van der Waals surface area contributed by atoms with E-state index in [1.54, 1.807) is 0 Å². The van der Waals surface area contributed by atoms with Gasteiger partial charge >= 0.3 is 12.0 Å². The van der Waals surface area contributed by atoms with Crippen LogP contribution in [-0.4, -0.2) is 66.1 Å². The Kier molecular flexibility index (Phi) is 4.71. The molecule has 7 heteroatoms. The number of carbonyl (C=O) groups excluding carboxylic acids is 1. The number of aliphatic carboxylic acids is 1. The van der Waals surface area contributed by atoms with E-state index in [9.17, 15) is 9.59 Å². The molecule has 0 aliphatic heterocycles. The molecular formula is C10H18N2O5. The topological polar surface area (TPSA) is 99.1 Å². The molecule has 0 saturated heterocycles. The van der Waals surface area contributed by atoms with E-state index in [-0.39, 0.29) is 13.2 Å². The Hall–Kier alpha value is -1.34. The molecule has 7 nitrogen and oxygen atoms in total. The first-order valence-corrected chi connectivity index (χ1v) is 5.46. The van der Waals surface area contributed by atoms with Crippen molar-refractivity contribution in [1.29, 1.82) is 0 Å². The molecule has 98 valence electrons. The summed E-state index contributed by atoms with van der Waals surface area (Å²) in [6, 6.07) is -0.476. The van der Waals surface area contributed by atoms with Crippen molar-refractivity contribution >= 4 is 12.0 Å². The Morgan fingerprint density at radius 3 is 2.47 bits per heavy atom. The number of hydrogen-bond acceptors (Lipinski definition) is 4. The number of hydrogen-bond donors (Lipinski definition) is 3. The van der Waals surface area contributed by atoms with Crippen LogP contribution in [-0.2, 0) is 9.53 Å². The van der Waals surface area contributed by atoms with Gasteiger partial charge < -0.3 is 25.2 Å². The molecule has 2 amide bonds. The molecule has 0 spiro atoms. The van der Waals surface area contributed by atoms with Gasteiger partial charge in [-0.3, -0.25) is 0 Å². The van der Waals surface area contributed by atoms with Crippen LogP contribution in [0.25, 0.3) is 0 Å². The second-order valence-electron chi connectivity index (χ2n) is 4.02. The molecule has 0 bridgehead atoms. The van der Waals surface area contributed by atoms with E-state index in [2.05, 4.69) is 5.32 Å². The van der Waals surface area contributed by atoms with Crippen LogP contribution in [0, 0.1) is 0 Å². The van der Waals surface area contributed by atoms with Crippen molar-refractivity contribution < 1.29 is 24.5 Å². The number of aliphatic hydroxyl groups excluding tert-OH is 1. The van der Waals surface area contributed by atoms with E-state index in [0.717, 1.165) is 0 Å². The van der Waals surface area contributed by atoms with Gasteiger partial charge in [0.1, 0.15) is 5.54 Å². The summed E-state index contributed by atoms with van der Waals surface area (Å²) in [6.07, 6.45) is 0.899. The summed E-state index contributed by atoms with van der Waals surface area (Å²) in [5, 5.41) is 20.2. The molecule has 1 fully saturated rings. The smallest absolute Gasteiger partial charge is 0.329 e. The van der Waals surface area contributed by atoms with Gasteiger partial charge in [0.05, 0.1) is 13.2 Å². The van der Waals surface area contributed by atoms with Crippen molar-refractivity contribution in [2.45, 2.75) is 18.4 Å². The van der Waals surface area contributed by atoms with E-state index in [1.165, 1.54) is 12.0 Å². The first kappa shape index (κ1) is 13.7. The number of methoxy groups -OCH3 is 1. The fourth-order valence-electron chi connectivity index (χ4n) is 1.44. The summed E-state index contributed by atoms with van der Waals surface area (Å²) < 4.78 is 4.84. The fourth-order valence-corrected chi connectivity index (χ4v) is 1.44. The van der Waals surface area contributed by atoms with Gasteiger partial charge in [-0.2, -0.15) is 0 Å². The van der Waals surface area contributed by atoms with Crippen molar-refractivity contribution in [2.75, 3.05) is 33.4 Å². The summed E-state index contributed by atoms with van der Waals surface area (Å²) in [5.41, 5.74) is -1.10. The normalized spacial score (nSPS) is 16.4. The molecule has 3 N–H and O–H groups in total. The maximum absolute atomic E-state index is 11.8. The highest BCUT2D eigenvalue weighted by molar-refractivity contribution is 5.88. The Morgan fingerprint density at radius 2 is 2.06 bits per heavy atom. The van der Waals surface area contributed by atoms with Crippen LogP contribution >= 0.6 is 0 Å². The number of urea groups is 1. The summed E-state index contributed by atoms with van der Waals surface area (Å²) in [4.78, 5) is 24.0. The molecule has 1 aliphatic carbocycles. The lowest BCUT2D eigenvalue weighted by molar-refractivity contribution is -0.140. The number of nitrogens with one attached hydrogen (secondary N) is 1. The number of aliphatic hydroxyl groups is 1. The standard InChI is InChI=1S/C10H18N2O5/c1-17-7-5-12(4-6-13)9(16)11-10(2-3-10)8(14)15/h13H,2-7H2,1H3,(H,11,16)(H,14,15). The number of carboxylic acid groups (broad SMARTS) is 1. The number of carboxylic acids is 1. The SMILES string of the molecule is COCCN(CCO)C(=O)NC1(C(=O)O)CC1. The minimum absolute atomic E-state index is 0.158. The number of carbonyl (C=O) groups is 2. The van der Waals surface area contributed by atoms with Crippen molar-refractivity contribution in [3.63, 3.8) is 0 Å². The maximum Gasteiger partial charge on any atom is 0.329 e. The van der Waals surface area contributed by atoms with E-state index < -0.39 is 17.5 Å². The van der Waals surface area contributed by atoms with Crippen molar-refractivity contribution in [3.8, 4) is 0 Å². The van der Waals surface area contributed by atoms with Gasteiger partial charge in [-0.1, -0.05) is 0 Å². The van der Waals surface area contributed by atoms with E-state index in [4.69, 9.17) is 14.9 Å². The van der Waals surface area contributed by atoms with Crippen LogP contribution in [0.15, 0.2) is 0 Å². The number of amides is 2. The third-order valence-electron chi connectivity index (χ3n) is 2.73. The Bertz CT molecular complexity index is 290. The molecule has 0 aromatic carbocycles. The summed E-state index contributed by atoms with van der Waals surface area (Å²) in [5.74, 6) is -1.01. The molecular weight excluding hydrogens is 228 g/mol. The molecule has 0 aromatic rings. The maximum atomic E-state index is 11.8. The minimum Gasteiger partial charge on any atom is -0.480 e. The highest BCUT2D eigenvalue weighted by Gasteiger charge is 2.52. The quantitative estimate of drug-likeness (QED) is 0.549. The van der Waals surface area contributed by atoms with Gasteiger partial charge in [-0.15, -0.1) is 0 Å². The minimum atomic E-state index is -1.10. The second kappa shape index (κ2) is 5.83.